The molecule has 0 aromatic heterocycles. The lowest BCUT2D eigenvalue weighted by Crippen LogP contribution is -2.51. The van der Waals surface area contributed by atoms with E-state index in [-0.39, 0.29) is 29.3 Å². The Kier molecular flexibility index (Phi) is 4.27. The fourth-order valence-electron chi connectivity index (χ4n) is 3.12. The number of halogens is 2. The Bertz CT molecular complexity index is 887. The second kappa shape index (κ2) is 6.17. The van der Waals surface area contributed by atoms with E-state index in [1.165, 1.54) is 12.1 Å². The number of carbonyl (C=O) groups is 4. The molecule has 8 nitrogen and oxygen atoms in total. The molecule has 1 aromatic carbocycles. The van der Waals surface area contributed by atoms with E-state index in [4.69, 9.17) is 11.6 Å². The topological polar surface area (TPSA) is 96.3 Å². The highest BCUT2D eigenvalue weighted by molar-refractivity contribution is 6.39. The summed E-state index contributed by atoms with van der Waals surface area (Å²) in [7, 11) is 1.14. The highest BCUT2D eigenvalue weighted by Crippen LogP contribution is 2.41. The largest absolute Gasteiger partial charge is 0.464 e. The molecule has 1 unspecified atom stereocenters. The van der Waals surface area contributed by atoms with Crippen molar-refractivity contribution in [1.29, 1.82) is 0 Å². The Hall–Kier alpha value is -2.81. The Morgan fingerprint density at radius 3 is 2.58 bits per heavy atom. The molecule has 2 heterocycles. The number of rotatable bonds is 2. The van der Waals surface area contributed by atoms with Crippen molar-refractivity contribution < 1.29 is 28.3 Å². The van der Waals surface area contributed by atoms with Crippen LogP contribution in [-0.2, 0) is 23.9 Å². The number of benzene rings is 1. The van der Waals surface area contributed by atoms with Gasteiger partial charge in [0.1, 0.15) is 11.5 Å². The monoisotopic (exact) mass is 381 g/mol. The van der Waals surface area contributed by atoms with Gasteiger partial charge in [0.2, 0.25) is 11.8 Å². The Labute approximate surface area is 152 Å². The molecule has 1 saturated heterocycles. The maximum Gasteiger partial charge on any atom is 0.354 e. The molecule has 0 radical (unpaired) electrons. The molecule has 1 aromatic rings. The first-order valence-electron chi connectivity index (χ1n) is 7.50. The smallest absolute Gasteiger partial charge is 0.354 e. The summed E-state index contributed by atoms with van der Waals surface area (Å²) in [6.45, 7) is 1.16. The molecule has 2 aliphatic heterocycles. The minimum atomic E-state index is -1.66. The zero-order valence-corrected chi connectivity index (χ0v) is 14.5. The average Bonchev–Trinajstić information content (AvgIpc) is 3.08. The Morgan fingerprint density at radius 2 is 2.00 bits per heavy atom. The summed E-state index contributed by atoms with van der Waals surface area (Å²) in [5, 5.41) is 4.53. The van der Waals surface area contributed by atoms with Crippen molar-refractivity contribution in [2.24, 2.45) is 5.10 Å². The van der Waals surface area contributed by atoms with E-state index < -0.39 is 35.0 Å². The fraction of sp³-hybridized carbons (Fsp3) is 0.312. The number of ether oxygens (including phenoxy) is 1. The van der Waals surface area contributed by atoms with Crippen LogP contribution in [0, 0.1) is 5.82 Å². The van der Waals surface area contributed by atoms with E-state index in [0.29, 0.717) is 0 Å². The van der Waals surface area contributed by atoms with E-state index in [1.54, 1.807) is 0 Å². The first-order valence-corrected chi connectivity index (χ1v) is 7.88. The SMILES string of the molecule is COC(=O)C1=NN(C(C)=O)C2(CC(=O)N(c3ccc(Cl)c(F)c3)C2=O)C1. The summed E-state index contributed by atoms with van der Waals surface area (Å²) in [4.78, 5) is 50.1. The van der Waals surface area contributed by atoms with E-state index in [9.17, 15) is 23.6 Å². The average molecular weight is 382 g/mol. The van der Waals surface area contributed by atoms with Crippen LogP contribution in [0.4, 0.5) is 10.1 Å². The summed E-state index contributed by atoms with van der Waals surface area (Å²) in [6, 6.07) is 3.48. The molecule has 0 aliphatic carbocycles. The van der Waals surface area contributed by atoms with Gasteiger partial charge in [0.05, 0.1) is 24.2 Å². The molecule has 1 atom stereocenters. The molecule has 3 rings (SSSR count). The number of imide groups is 1. The first kappa shape index (κ1) is 18.0. The summed E-state index contributed by atoms with van der Waals surface area (Å²) in [5.74, 6) is -3.64. The predicted molar refractivity (Wildman–Crippen MR) is 87.8 cm³/mol. The second-order valence-corrected chi connectivity index (χ2v) is 6.29. The third kappa shape index (κ3) is 2.55. The number of nitrogens with zero attached hydrogens (tertiary/aromatic N) is 3. The second-order valence-electron chi connectivity index (χ2n) is 5.89. The van der Waals surface area contributed by atoms with Gasteiger partial charge >= 0.3 is 5.97 Å². The van der Waals surface area contributed by atoms with Gasteiger partial charge in [-0.25, -0.2) is 19.1 Å². The van der Waals surface area contributed by atoms with Gasteiger partial charge in [-0.2, -0.15) is 5.10 Å². The molecule has 1 spiro atoms. The molecule has 3 amide bonds. The maximum absolute atomic E-state index is 13.7. The number of carbonyl (C=O) groups excluding carboxylic acids is 4. The van der Waals surface area contributed by atoms with Gasteiger partial charge in [0, 0.05) is 13.3 Å². The van der Waals surface area contributed by atoms with Crippen LogP contribution in [0.5, 0.6) is 0 Å². The number of anilines is 1. The molecule has 26 heavy (non-hydrogen) atoms. The van der Waals surface area contributed by atoms with Crippen molar-refractivity contribution in [1.82, 2.24) is 5.01 Å². The van der Waals surface area contributed by atoms with Crippen molar-refractivity contribution in [2.75, 3.05) is 12.0 Å². The molecule has 10 heteroatoms. The molecule has 0 N–H and O–H groups in total. The number of hydrazone groups is 1. The van der Waals surface area contributed by atoms with Gasteiger partial charge in [-0.3, -0.25) is 14.4 Å². The summed E-state index contributed by atoms with van der Waals surface area (Å²) >= 11 is 5.63. The van der Waals surface area contributed by atoms with Crippen LogP contribution in [0.15, 0.2) is 23.3 Å². The number of hydrogen-bond donors (Lipinski definition) is 0. The molecular weight excluding hydrogens is 369 g/mol. The van der Waals surface area contributed by atoms with E-state index in [2.05, 4.69) is 9.84 Å². The first-order chi connectivity index (χ1) is 12.2. The fourth-order valence-corrected chi connectivity index (χ4v) is 3.24. The lowest BCUT2D eigenvalue weighted by atomic mass is 9.91. The third-order valence-electron chi connectivity index (χ3n) is 4.26. The number of esters is 1. The number of amides is 3. The minimum Gasteiger partial charge on any atom is -0.464 e. The molecular formula is C16H13ClFN3O5. The van der Waals surface area contributed by atoms with Gasteiger partial charge in [-0.1, -0.05) is 11.6 Å². The van der Waals surface area contributed by atoms with E-state index in [1.807, 2.05) is 0 Å². The summed E-state index contributed by atoms with van der Waals surface area (Å²) in [5.41, 5.74) is -1.83. The van der Waals surface area contributed by atoms with Crippen LogP contribution in [0.25, 0.3) is 0 Å². The van der Waals surface area contributed by atoms with Crippen molar-refractivity contribution in [3.63, 3.8) is 0 Å². The van der Waals surface area contributed by atoms with Crippen molar-refractivity contribution in [3.05, 3.63) is 29.0 Å². The molecule has 2 aliphatic rings. The van der Waals surface area contributed by atoms with Gasteiger partial charge < -0.3 is 4.74 Å². The third-order valence-corrected chi connectivity index (χ3v) is 4.57. The number of hydrogen-bond acceptors (Lipinski definition) is 6. The number of methoxy groups -OCH3 is 1. The van der Waals surface area contributed by atoms with Gasteiger partial charge in [0.15, 0.2) is 5.54 Å². The molecule has 0 bridgehead atoms. The highest BCUT2D eigenvalue weighted by atomic mass is 35.5. The Balaban J connectivity index is 2.03. The van der Waals surface area contributed by atoms with E-state index >= 15 is 0 Å². The van der Waals surface area contributed by atoms with Crippen LogP contribution >= 0.6 is 11.6 Å². The quantitative estimate of drug-likeness (QED) is 0.567. The minimum absolute atomic E-state index is 0.0196. The van der Waals surface area contributed by atoms with Crippen molar-refractivity contribution in [2.45, 2.75) is 25.3 Å². The van der Waals surface area contributed by atoms with Crippen LogP contribution in [-0.4, -0.2) is 47.1 Å². The molecule has 1 fully saturated rings. The zero-order valence-electron chi connectivity index (χ0n) is 13.8. The summed E-state index contributed by atoms with van der Waals surface area (Å²) in [6.07, 6.45) is -0.657. The maximum atomic E-state index is 13.7. The van der Waals surface area contributed by atoms with Crippen molar-refractivity contribution in [3.8, 4) is 0 Å². The van der Waals surface area contributed by atoms with Gasteiger partial charge in [-0.15, -0.1) is 0 Å². The normalized spacial score (nSPS) is 22.2. The van der Waals surface area contributed by atoms with Crippen LogP contribution in [0.1, 0.15) is 19.8 Å². The predicted octanol–water partition coefficient (Wildman–Crippen LogP) is 1.26. The Morgan fingerprint density at radius 1 is 1.31 bits per heavy atom. The summed E-state index contributed by atoms with van der Waals surface area (Å²) < 4.78 is 18.3. The van der Waals surface area contributed by atoms with Gasteiger partial charge in [0.25, 0.3) is 5.91 Å². The molecule has 136 valence electrons. The standard InChI is InChI=1S/C16H13ClFN3O5/c1-8(22)21-16(6-12(19-21)14(24)26-2)7-13(23)20(15(16)25)9-3-4-10(17)11(18)5-9/h3-5H,6-7H2,1-2H3. The van der Waals surface area contributed by atoms with Gasteiger partial charge in [-0.05, 0) is 18.2 Å². The molecule has 0 saturated carbocycles. The lowest BCUT2D eigenvalue weighted by molar-refractivity contribution is -0.141. The van der Waals surface area contributed by atoms with Crippen LogP contribution in [0.2, 0.25) is 5.02 Å². The van der Waals surface area contributed by atoms with Crippen molar-refractivity contribution >= 4 is 46.7 Å². The highest BCUT2D eigenvalue weighted by Gasteiger charge is 2.61. The zero-order chi connectivity index (χ0) is 19.2. The van der Waals surface area contributed by atoms with Crippen LogP contribution in [0.3, 0.4) is 0 Å². The van der Waals surface area contributed by atoms with Crippen LogP contribution < -0.4 is 4.90 Å². The lowest BCUT2D eigenvalue weighted by Gasteiger charge is -2.28. The van der Waals surface area contributed by atoms with E-state index in [0.717, 1.165) is 30.0 Å².